The Balaban J connectivity index is 4.37. The SMILES string of the molecule is CC(=O)O[C@@H](C)C(C)(C)[C@H](C)CCC=C(C)C. The first-order valence-corrected chi connectivity index (χ1v) is 6.48. The molecule has 2 atom stereocenters. The second-order valence-electron chi connectivity index (χ2n) is 5.83. The maximum atomic E-state index is 11.0. The molecule has 100 valence electrons. The molecule has 0 fully saturated rings. The molecule has 0 aromatic carbocycles. The predicted octanol–water partition coefficient (Wildman–Crippen LogP) is 4.35. The highest BCUT2D eigenvalue weighted by atomic mass is 16.5. The number of carbonyl (C=O) groups is 1. The zero-order chi connectivity index (χ0) is 13.6. The Hall–Kier alpha value is -0.790. The third-order valence-corrected chi connectivity index (χ3v) is 3.81. The number of hydrogen-bond acceptors (Lipinski definition) is 2. The first kappa shape index (κ1) is 16.2. The number of ether oxygens (including phenoxy) is 1. The monoisotopic (exact) mass is 240 g/mol. The summed E-state index contributed by atoms with van der Waals surface area (Å²) in [5.74, 6) is 0.328. The fraction of sp³-hybridized carbons (Fsp3) is 0.800. The van der Waals surface area contributed by atoms with Crippen molar-refractivity contribution < 1.29 is 9.53 Å². The van der Waals surface area contributed by atoms with Crippen LogP contribution in [0.3, 0.4) is 0 Å². The molecule has 0 rings (SSSR count). The van der Waals surface area contributed by atoms with E-state index in [0.29, 0.717) is 5.92 Å². The minimum Gasteiger partial charge on any atom is -0.462 e. The molecule has 0 spiro atoms. The quantitative estimate of drug-likeness (QED) is 0.510. The van der Waals surface area contributed by atoms with E-state index in [1.165, 1.54) is 12.5 Å². The fourth-order valence-corrected chi connectivity index (χ4v) is 1.80. The summed E-state index contributed by atoms with van der Waals surface area (Å²) in [4.78, 5) is 11.0. The van der Waals surface area contributed by atoms with Gasteiger partial charge in [-0.15, -0.1) is 0 Å². The van der Waals surface area contributed by atoms with Crippen LogP contribution in [0.1, 0.15) is 61.3 Å². The van der Waals surface area contributed by atoms with Crippen LogP contribution < -0.4 is 0 Å². The summed E-state index contributed by atoms with van der Waals surface area (Å²) in [5, 5.41) is 0. The lowest BCUT2D eigenvalue weighted by molar-refractivity contribution is -0.153. The van der Waals surface area contributed by atoms with E-state index in [2.05, 4.69) is 40.7 Å². The molecule has 0 saturated carbocycles. The molecule has 0 radical (unpaired) electrons. The zero-order valence-corrected chi connectivity index (χ0v) is 12.5. The van der Waals surface area contributed by atoms with Gasteiger partial charge in [-0.25, -0.2) is 0 Å². The van der Waals surface area contributed by atoms with E-state index >= 15 is 0 Å². The highest BCUT2D eigenvalue weighted by Gasteiger charge is 2.33. The molecule has 0 aliphatic carbocycles. The van der Waals surface area contributed by atoms with E-state index in [9.17, 15) is 4.79 Å². The minimum absolute atomic E-state index is 0.0150. The summed E-state index contributed by atoms with van der Waals surface area (Å²) in [5.41, 5.74) is 1.38. The van der Waals surface area contributed by atoms with Crippen molar-refractivity contribution in [2.45, 2.75) is 67.4 Å². The molecule has 0 N–H and O–H groups in total. The summed E-state index contributed by atoms with van der Waals surface area (Å²) in [6.07, 6.45) is 4.45. The van der Waals surface area contributed by atoms with Crippen molar-refractivity contribution in [1.29, 1.82) is 0 Å². The number of carbonyl (C=O) groups excluding carboxylic acids is 1. The predicted molar refractivity (Wildman–Crippen MR) is 72.8 cm³/mol. The van der Waals surface area contributed by atoms with Crippen LogP contribution in [0.4, 0.5) is 0 Å². The van der Waals surface area contributed by atoms with Crippen molar-refractivity contribution in [2.24, 2.45) is 11.3 Å². The van der Waals surface area contributed by atoms with E-state index < -0.39 is 0 Å². The van der Waals surface area contributed by atoms with Crippen molar-refractivity contribution in [3.05, 3.63) is 11.6 Å². The molecule has 0 unspecified atom stereocenters. The topological polar surface area (TPSA) is 26.3 Å². The molecule has 17 heavy (non-hydrogen) atoms. The fourth-order valence-electron chi connectivity index (χ4n) is 1.80. The van der Waals surface area contributed by atoms with Gasteiger partial charge in [-0.3, -0.25) is 4.79 Å². The normalized spacial score (nSPS) is 15.0. The number of allylic oxidation sites excluding steroid dienone is 2. The Labute approximate surface area is 106 Å². The molecular weight excluding hydrogens is 212 g/mol. The Morgan fingerprint density at radius 2 is 1.76 bits per heavy atom. The van der Waals surface area contributed by atoms with Crippen LogP contribution in [-0.4, -0.2) is 12.1 Å². The van der Waals surface area contributed by atoms with Gasteiger partial charge < -0.3 is 4.74 Å². The Morgan fingerprint density at radius 1 is 1.24 bits per heavy atom. The zero-order valence-electron chi connectivity index (χ0n) is 12.5. The molecule has 0 aliphatic rings. The molecule has 0 aliphatic heterocycles. The van der Waals surface area contributed by atoms with Gasteiger partial charge in [0.25, 0.3) is 0 Å². The number of rotatable bonds is 6. The van der Waals surface area contributed by atoms with Crippen LogP contribution in [0.2, 0.25) is 0 Å². The lowest BCUT2D eigenvalue weighted by Gasteiger charge is -2.36. The summed E-state index contributed by atoms with van der Waals surface area (Å²) >= 11 is 0. The highest BCUT2D eigenvalue weighted by molar-refractivity contribution is 5.66. The lowest BCUT2D eigenvalue weighted by atomic mass is 9.73. The van der Waals surface area contributed by atoms with Crippen LogP contribution in [0.5, 0.6) is 0 Å². The van der Waals surface area contributed by atoms with E-state index in [-0.39, 0.29) is 17.5 Å². The van der Waals surface area contributed by atoms with Crippen molar-refractivity contribution in [2.75, 3.05) is 0 Å². The molecule has 0 amide bonds. The molecule has 0 aromatic rings. The van der Waals surface area contributed by atoms with E-state index in [4.69, 9.17) is 4.74 Å². The van der Waals surface area contributed by atoms with Crippen molar-refractivity contribution in [1.82, 2.24) is 0 Å². The van der Waals surface area contributed by atoms with Crippen LogP contribution in [-0.2, 0) is 9.53 Å². The molecule has 2 heteroatoms. The average molecular weight is 240 g/mol. The van der Waals surface area contributed by atoms with Crippen LogP contribution >= 0.6 is 0 Å². The van der Waals surface area contributed by atoms with Crippen molar-refractivity contribution >= 4 is 5.97 Å². The third kappa shape index (κ3) is 5.90. The van der Waals surface area contributed by atoms with E-state index in [1.54, 1.807) is 0 Å². The van der Waals surface area contributed by atoms with Crippen LogP contribution in [0.25, 0.3) is 0 Å². The first-order chi connectivity index (χ1) is 7.67. The molecule has 0 saturated heterocycles. The van der Waals surface area contributed by atoms with Gasteiger partial charge in [-0.2, -0.15) is 0 Å². The average Bonchev–Trinajstić information content (AvgIpc) is 2.15. The first-order valence-electron chi connectivity index (χ1n) is 6.48. The molecule has 0 aromatic heterocycles. The van der Waals surface area contributed by atoms with Crippen LogP contribution in [0, 0.1) is 11.3 Å². The minimum atomic E-state index is -0.193. The Kier molecular flexibility index (Phi) is 6.51. The number of esters is 1. The van der Waals surface area contributed by atoms with Gasteiger partial charge in [0.2, 0.25) is 0 Å². The molecule has 0 bridgehead atoms. The maximum Gasteiger partial charge on any atom is 0.302 e. The highest BCUT2D eigenvalue weighted by Crippen LogP contribution is 2.35. The van der Waals surface area contributed by atoms with Crippen molar-refractivity contribution in [3.63, 3.8) is 0 Å². The molecular formula is C15H28O2. The Bertz CT molecular complexity index is 273. The smallest absolute Gasteiger partial charge is 0.302 e. The standard InChI is InChI=1S/C15H28O2/c1-11(2)9-8-10-12(3)15(6,7)13(4)17-14(5)16/h9,12-13H,8,10H2,1-7H3/t12-,13+/m1/s1. The van der Waals surface area contributed by atoms with Gasteiger partial charge in [-0.05, 0) is 39.5 Å². The van der Waals surface area contributed by atoms with Gasteiger partial charge in [0.15, 0.2) is 0 Å². The maximum absolute atomic E-state index is 11.0. The van der Waals surface area contributed by atoms with E-state index in [0.717, 1.165) is 12.8 Å². The largest absolute Gasteiger partial charge is 0.462 e. The van der Waals surface area contributed by atoms with Crippen LogP contribution in [0.15, 0.2) is 11.6 Å². The second kappa shape index (κ2) is 6.83. The summed E-state index contributed by atoms with van der Waals surface area (Å²) in [6.45, 7) is 14.3. The summed E-state index contributed by atoms with van der Waals surface area (Å²) in [7, 11) is 0. The molecule has 0 heterocycles. The third-order valence-electron chi connectivity index (χ3n) is 3.81. The summed E-state index contributed by atoms with van der Waals surface area (Å²) in [6, 6.07) is 0. The second-order valence-corrected chi connectivity index (χ2v) is 5.83. The summed E-state index contributed by atoms with van der Waals surface area (Å²) < 4.78 is 5.31. The van der Waals surface area contributed by atoms with Gasteiger partial charge in [-0.1, -0.05) is 32.4 Å². The van der Waals surface area contributed by atoms with Gasteiger partial charge >= 0.3 is 5.97 Å². The Morgan fingerprint density at radius 3 is 2.18 bits per heavy atom. The van der Waals surface area contributed by atoms with Gasteiger partial charge in [0, 0.05) is 12.3 Å². The van der Waals surface area contributed by atoms with Gasteiger partial charge in [0.05, 0.1) is 0 Å². The number of hydrogen-bond donors (Lipinski definition) is 0. The van der Waals surface area contributed by atoms with Gasteiger partial charge in [0.1, 0.15) is 6.10 Å². The lowest BCUT2D eigenvalue weighted by Crippen LogP contribution is -2.36. The molecule has 2 nitrogen and oxygen atoms in total. The van der Waals surface area contributed by atoms with E-state index in [1.807, 2.05) is 6.92 Å². The van der Waals surface area contributed by atoms with Crippen molar-refractivity contribution in [3.8, 4) is 0 Å².